The van der Waals surface area contributed by atoms with E-state index in [0.29, 0.717) is 32.6 Å². The Balaban J connectivity index is 2.25. The zero-order valence-corrected chi connectivity index (χ0v) is 11.7. The highest BCUT2D eigenvalue weighted by atomic mass is 35.5. The van der Waals surface area contributed by atoms with Crippen LogP contribution in [-0.2, 0) is 6.42 Å². The van der Waals surface area contributed by atoms with E-state index in [2.05, 4.69) is 0 Å². The Kier molecular flexibility index (Phi) is 3.31. The SMILES string of the molecule is O=C(O)c1c(Cc2ccccc2)c2cc(Cl)ccc2n1O. The molecule has 1 aromatic heterocycles. The van der Waals surface area contributed by atoms with Crippen molar-refractivity contribution < 1.29 is 15.1 Å². The van der Waals surface area contributed by atoms with Crippen molar-refractivity contribution in [1.29, 1.82) is 0 Å². The summed E-state index contributed by atoms with van der Waals surface area (Å²) in [6.45, 7) is 0. The van der Waals surface area contributed by atoms with Gasteiger partial charge in [0.05, 0.1) is 5.52 Å². The Morgan fingerprint density at radius 3 is 2.52 bits per heavy atom. The predicted molar refractivity (Wildman–Crippen MR) is 80.3 cm³/mol. The van der Waals surface area contributed by atoms with Crippen LogP contribution in [0.4, 0.5) is 0 Å². The number of nitrogens with zero attached hydrogens (tertiary/aromatic N) is 1. The number of aromatic carboxylic acids is 1. The van der Waals surface area contributed by atoms with Gasteiger partial charge in [-0.25, -0.2) is 4.79 Å². The van der Waals surface area contributed by atoms with Crippen LogP contribution >= 0.6 is 11.6 Å². The van der Waals surface area contributed by atoms with E-state index in [-0.39, 0.29) is 5.69 Å². The van der Waals surface area contributed by atoms with Crippen molar-refractivity contribution in [3.8, 4) is 0 Å². The number of hydrogen-bond donors (Lipinski definition) is 2. The summed E-state index contributed by atoms with van der Waals surface area (Å²) in [6, 6.07) is 14.4. The van der Waals surface area contributed by atoms with Crippen LogP contribution in [0.15, 0.2) is 48.5 Å². The molecule has 2 aromatic carbocycles. The first kappa shape index (κ1) is 13.5. The van der Waals surface area contributed by atoms with Crippen molar-refractivity contribution in [2.75, 3.05) is 0 Å². The van der Waals surface area contributed by atoms with Gasteiger partial charge in [-0.2, -0.15) is 4.73 Å². The standard InChI is InChI=1S/C16H12ClNO3/c17-11-6-7-14-12(9-11)13(15(16(19)20)18(14)21)8-10-4-2-1-3-5-10/h1-7,9,21H,8H2,(H,19,20). The van der Waals surface area contributed by atoms with Gasteiger partial charge in [0.25, 0.3) is 0 Å². The van der Waals surface area contributed by atoms with Gasteiger partial charge in [-0.15, -0.1) is 0 Å². The lowest BCUT2D eigenvalue weighted by molar-refractivity contribution is 0.0648. The highest BCUT2D eigenvalue weighted by Gasteiger charge is 2.22. The van der Waals surface area contributed by atoms with E-state index in [9.17, 15) is 15.1 Å². The number of carboxylic acids is 1. The molecule has 0 radical (unpaired) electrons. The number of hydrogen-bond acceptors (Lipinski definition) is 2. The van der Waals surface area contributed by atoms with Gasteiger partial charge in [0.2, 0.25) is 0 Å². The summed E-state index contributed by atoms with van der Waals surface area (Å²) < 4.78 is 0.715. The summed E-state index contributed by atoms with van der Waals surface area (Å²) in [5.74, 6) is -1.17. The van der Waals surface area contributed by atoms with Crippen molar-refractivity contribution in [3.05, 3.63) is 70.4 Å². The van der Waals surface area contributed by atoms with E-state index in [1.54, 1.807) is 18.2 Å². The number of rotatable bonds is 3. The minimum atomic E-state index is -1.17. The molecule has 5 heteroatoms. The van der Waals surface area contributed by atoms with Gasteiger partial charge >= 0.3 is 5.97 Å². The van der Waals surface area contributed by atoms with Crippen molar-refractivity contribution in [3.63, 3.8) is 0 Å². The maximum Gasteiger partial charge on any atom is 0.356 e. The Bertz CT molecular complexity index is 824. The average molecular weight is 302 g/mol. The fraction of sp³-hybridized carbons (Fsp3) is 0.0625. The first-order valence-electron chi connectivity index (χ1n) is 6.37. The van der Waals surface area contributed by atoms with E-state index < -0.39 is 5.97 Å². The molecule has 0 unspecified atom stereocenters. The highest BCUT2D eigenvalue weighted by molar-refractivity contribution is 6.31. The third-order valence-corrected chi connectivity index (χ3v) is 3.67. The fourth-order valence-electron chi connectivity index (χ4n) is 2.51. The van der Waals surface area contributed by atoms with Gasteiger partial charge in [0.15, 0.2) is 5.69 Å². The van der Waals surface area contributed by atoms with Crippen LogP contribution in [0.5, 0.6) is 0 Å². The molecule has 0 aliphatic carbocycles. The van der Waals surface area contributed by atoms with Crippen molar-refractivity contribution in [2.24, 2.45) is 0 Å². The van der Waals surface area contributed by atoms with Gasteiger partial charge in [-0.1, -0.05) is 41.9 Å². The molecule has 3 rings (SSSR count). The molecule has 2 N–H and O–H groups in total. The van der Waals surface area contributed by atoms with Crippen LogP contribution in [0.2, 0.25) is 5.02 Å². The number of carbonyl (C=O) groups is 1. The van der Waals surface area contributed by atoms with E-state index in [1.165, 1.54) is 0 Å². The van der Waals surface area contributed by atoms with E-state index in [1.807, 2.05) is 30.3 Å². The molecule has 0 aliphatic rings. The van der Waals surface area contributed by atoms with Gasteiger partial charge < -0.3 is 10.3 Å². The summed E-state index contributed by atoms with van der Waals surface area (Å²) in [7, 11) is 0. The molecule has 3 aromatic rings. The predicted octanol–water partition coefficient (Wildman–Crippen LogP) is 3.82. The largest absolute Gasteiger partial charge is 0.476 e. The third kappa shape index (κ3) is 2.34. The minimum Gasteiger partial charge on any atom is -0.476 e. The molecule has 0 fully saturated rings. The molecule has 0 amide bonds. The lowest BCUT2D eigenvalue weighted by Gasteiger charge is -2.03. The molecule has 0 saturated heterocycles. The summed E-state index contributed by atoms with van der Waals surface area (Å²) in [6.07, 6.45) is 0.410. The molecule has 4 nitrogen and oxygen atoms in total. The molecule has 0 bridgehead atoms. The molecule has 21 heavy (non-hydrogen) atoms. The topological polar surface area (TPSA) is 62.5 Å². The molecular weight excluding hydrogens is 290 g/mol. The third-order valence-electron chi connectivity index (χ3n) is 3.44. The van der Waals surface area contributed by atoms with Crippen LogP contribution in [0.1, 0.15) is 21.6 Å². The van der Waals surface area contributed by atoms with Crippen LogP contribution < -0.4 is 0 Å². The molecule has 0 spiro atoms. The summed E-state index contributed by atoms with van der Waals surface area (Å²) in [4.78, 5) is 11.5. The van der Waals surface area contributed by atoms with E-state index in [4.69, 9.17) is 11.6 Å². The zero-order valence-electron chi connectivity index (χ0n) is 11.0. The Morgan fingerprint density at radius 2 is 1.86 bits per heavy atom. The van der Waals surface area contributed by atoms with Crippen LogP contribution in [0.3, 0.4) is 0 Å². The lowest BCUT2D eigenvalue weighted by atomic mass is 10.0. The number of fused-ring (bicyclic) bond motifs is 1. The number of halogens is 1. The maximum absolute atomic E-state index is 11.5. The lowest BCUT2D eigenvalue weighted by Crippen LogP contribution is -2.08. The van der Waals surface area contributed by atoms with Crippen LogP contribution in [0, 0.1) is 0 Å². The normalized spacial score (nSPS) is 10.9. The molecule has 0 atom stereocenters. The number of carboxylic acid groups (broad SMARTS) is 1. The molecule has 1 heterocycles. The molecular formula is C16H12ClNO3. The van der Waals surface area contributed by atoms with Gasteiger partial charge in [0, 0.05) is 22.4 Å². The summed E-state index contributed by atoms with van der Waals surface area (Å²) in [5.41, 5.74) is 1.82. The Morgan fingerprint density at radius 1 is 1.14 bits per heavy atom. The molecule has 106 valence electrons. The van der Waals surface area contributed by atoms with Crippen molar-refractivity contribution in [2.45, 2.75) is 6.42 Å². The van der Waals surface area contributed by atoms with Gasteiger partial charge in [0.1, 0.15) is 0 Å². The summed E-state index contributed by atoms with van der Waals surface area (Å²) >= 11 is 6.00. The molecule has 0 aliphatic heterocycles. The monoisotopic (exact) mass is 301 g/mol. The second-order valence-corrected chi connectivity index (χ2v) is 5.20. The van der Waals surface area contributed by atoms with Crippen LogP contribution in [-0.4, -0.2) is 21.0 Å². The maximum atomic E-state index is 11.5. The fourth-order valence-corrected chi connectivity index (χ4v) is 2.68. The van der Waals surface area contributed by atoms with E-state index >= 15 is 0 Å². The van der Waals surface area contributed by atoms with Crippen molar-refractivity contribution >= 4 is 28.5 Å². The van der Waals surface area contributed by atoms with Crippen molar-refractivity contribution in [1.82, 2.24) is 4.73 Å². The second-order valence-electron chi connectivity index (χ2n) is 4.77. The average Bonchev–Trinajstić information content (AvgIpc) is 2.72. The van der Waals surface area contributed by atoms with E-state index in [0.717, 1.165) is 5.56 Å². The molecule has 0 saturated carbocycles. The van der Waals surface area contributed by atoms with Crippen LogP contribution in [0.25, 0.3) is 10.9 Å². The quantitative estimate of drug-likeness (QED) is 0.723. The van der Waals surface area contributed by atoms with Gasteiger partial charge in [-0.3, -0.25) is 0 Å². The smallest absolute Gasteiger partial charge is 0.356 e. The Labute approximate surface area is 125 Å². The Hall–Kier alpha value is -2.46. The summed E-state index contributed by atoms with van der Waals surface area (Å²) in [5, 5.41) is 20.6. The second kappa shape index (κ2) is 5.14. The zero-order chi connectivity index (χ0) is 15.0. The first-order valence-corrected chi connectivity index (χ1v) is 6.75. The number of aromatic nitrogens is 1. The highest BCUT2D eigenvalue weighted by Crippen LogP contribution is 2.29. The van der Waals surface area contributed by atoms with Gasteiger partial charge in [-0.05, 0) is 23.8 Å². The first-order chi connectivity index (χ1) is 10.1. The minimum absolute atomic E-state index is 0.129. The number of benzene rings is 2.